The number of hydrogen-bond donors (Lipinski definition) is 3. The molecule has 0 saturated heterocycles. The molecule has 0 radical (unpaired) electrons. The highest BCUT2D eigenvalue weighted by molar-refractivity contribution is 5.92. The number of nitrogens with zero attached hydrogens (tertiary/aromatic N) is 2. The van der Waals surface area contributed by atoms with E-state index >= 15 is 0 Å². The van der Waals surface area contributed by atoms with Gasteiger partial charge >= 0.3 is 0 Å². The molecule has 106 valence electrons. The van der Waals surface area contributed by atoms with Gasteiger partial charge < -0.3 is 21.1 Å². The maximum Gasteiger partial charge on any atom is 0.271 e. The Hall–Kier alpha value is -1.73. The molecule has 19 heavy (non-hydrogen) atoms. The van der Waals surface area contributed by atoms with Gasteiger partial charge in [-0.1, -0.05) is 0 Å². The third kappa shape index (κ3) is 5.19. The van der Waals surface area contributed by atoms with Crippen molar-refractivity contribution < 1.29 is 9.53 Å². The van der Waals surface area contributed by atoms with Crippen molar-refractivity contribution in [2.24, 2.45) is 5.73 Å². The number of anilines is 1. The van der Waals surface area contributed by atoms with Gasteiger partial charge in [0.05, 0.1) is 12.6 Å². The van der Waals surface area contributed by atoms with E-state index in [1.54, 1.807) is 19.2 Å². The van der Waals surface area contributed by atoms with Crippen molar-refractivity contribution in [1.29, 1.82) is 0 Å². The lowest BCUT2D eigenvalue weighted by Gasteiger charge is -2.17. The van der Waals surface area contributed by atoms with E-state index < -0.39 is 0 Å². The number of hydrogen-bond acceptors (Lipinski definition) is 6. The Morgan fingerprint density at radius 2 is 2.26 bits per heavy atom. The molecular weight excluding hydrogens is 246 g/mol. The Balaban J connectivity index is 2.62. The van der Waals surface area contributed by atoms with Gasteiger partial charge in [-0.25, -0.2) is 0 Å². The van der Waals surface area contributed by atoms with Crippen molar-refractivity contribution in [2.75, 3.05) is 32.1 Å². The predicted molar refractivity (Wildman–Crippen MR) is 73.0 cm³/mol. The highest BCUT2D eigenvalue weighted by Gasteiger charge is 2.10. The molecule has 0 aliphatic heterocycles. The van der Waals surface area contributed by atoms with E-state index in [2.05, 4.69) is 20.8 Å². The summed E-state index contributed by atoms with van der Waals surface area (Å²) in [7, 11) is 1.63. The van der Waals surface area contributed by atoms with Gasteiger partial charge in [0.15, 0.2) is 5.69 Å². The van der Waals surface area contributed by atoms with Gasteiger partial charge in [-0.2, -0.15) is 0 Å². The van der Waals surface area contributed by atoms with Crippen LogP contribution in [0.25, 0.3) is 0 Å². The molecule has 1 heterocycles. The Morgan fingerprint density at radius 3 is 2.79 bits per heavy atom. The number of methoxy groups -OCH3 is 1. The smallest absolute Gasteiger partial charge is 0.271 e. The number of aromatic nitrogens is 2. The average molecular weight is 267 g/mol. The Bertz CT molecular complexity index is 376. The zero-order chi connectivity index (χ0) is 14.1. The number of ether oxygens (including phenoxy) is 1. The molecule has 0 saturated carbocycles. The van der Waals surface area contributed by atoms with Crippen molar-refractivity contribution in [3.8, 4) is 0 Å². The fourth-order valence-electron chi connectivity index (χ4n) is 1.59. The summed E-state index contributed by atoms with van der Waals surface area (Å²) in [6, 6.07) is 3.43. The van der Waals surface area contributed by atoms with Crippen molar-refractivity contribution >= 4 is 11.7 Å². The summed E-state index contributed by atoms with van der Waals surface area (Å²) in [4.78, 5) is 11.5. The fourth-order valence-corrected chi connectivity index (χ4v) is 1.59. The molecule has 0 spiro atoms. The maximum absolute atomic E-state index is 11.5. The number of amides is 1. The zero-order valence-electron chi connectivity index (χ0n) is 11.3. The van der Waals surface area contributed by atoms with E-state index in [0.29, 0.717) is 31.2 Å². The first-order valence-electron chi connectivity index (χ1n) is 6.28. The topological polar surface area (TPSA) is 102 Å². The minimum atomic E-state index is -0.225. The van der Waals surface area contributed by atoms with Crippen molar-refractivity contribution in [3.63, 3.8) is 0 Å². The van der Waals surface area contributed by atoms with Crippen LogP contribution in [0.4, 0.5) is 5.82 Å². The van der Waals surface area contributed by atoms with E-state index in [1.165, 1.54) is 0 Å². The van der Waals surface area contributed by atoms with Crippen LogP contribution in [0.3, 0.4) is 0 Å². The first kappa shape index (κ1) is 15.3. The molecule has 1 atom stereocenters. The predicted octanol–water partition coefficient (Wildman–Crippen LogP) is 0.00200. The molecule has 1 amide bonds. The summed E-state index contributed by atoms with van der Waals surface area (Å²) in [6.07, 6.45) is 0.771. The van der Waals surface area contributed by atoms with Crippen LogP contribution in [0, 0.1) is 0 Å². The van der Waals surface area contributed by atoms with Gasteiger partial charge in [-0.05, 0) is 32.0 Å². The summed E-state index contributed by atoms with van der Waals surface area (Å²) in [5, 5.41) is 13.7. The van der Waals surface area contributed by atoms with Gasteiger partial charge in [0.25, 0.3) is 5.91 Å². The van der Waals surface area contributed by atoms with Crippen molar-refractivity contribution in [2.45, 2.75) is 19.4 Å². The maximum atomic E-state index is 11.5. The van der Waals surface area contributed by atoms with Gasteiger partial charge in [0, 0.05) is 13.7 Å². The van der Waals surface area contributed by atoms with Crippen LogP contribution in [0.2, 0.25) is 0 Å². The lowest BCUT2D eigenvalue weighted by molar-refractivity contribution is 0.0950. The Labute approximate surface area is 112 Å². The molecule has 0 aliphatic rings. The molecular formula is C12H21N5O2. The van der Waals surface area contributed by atoms with E-state index in [-0.39, 0.29) is 11.9 Å². The number of nitrogens with two attached hydrogens (primary N) is 1. The van der Waals surface area contributed by atoms with Crippen molar-refractivity contribution in [1.82, 2.24) is 15.5 Å². The van der Waals surface area contributed by atoms with Gasteiger partial charge in [-0.15, -0.1) is 10.2 Å². The second-order valence-electron chi connectivity index (χ2n) is 4.04. The standard InChI is InChI=1S/C12H21N5O2/c1-3-14-12(18)10-4-5-11(17-16-10)15-9(6-7-13)8-19-2/h4-5,9H,3,6-8,13H2,1-2H3,(H,14,18)(H,15,17). The summed E-state index contributed by atoms with van der Waals surface area (Å²) in [5.74, 6) is 0.375. The normalized spacial score (nSPS) is 11.9. The molecule has 0 fully saturated rings. The van der Waals surface area contributed by atoms with E-state index in [4.69, 9.17) is 10.5 Å². The average Bonchev–Trinajstić information content (AvgIpc) is 2.40. The Kier molecular flexibility index (Phi) is 6.76. The van der Waals surface area contributed by atoms with Gasteiger partial charge in [-0.3, -0.25) is 4.79 Å². The van der Waals surface area contributed by atoms with E-state index in [1.807, 2.05) is 6.92 Å². The quantitative estimate of drug-likeness (QED) is 0.613. The summed E-state index contributed by atoms with van der Waals surface area (Å²) in [6.45, 7) is 3.51. The zero-order valence-corrected chi connectivity index (χ0v) is 11.3. The number of carbonyl (C=O) groups excluding carboxylic acids is 1. The number of rotatable bonds is 8. The third-order valence-corrected chi connectivity index (χ3v) is 2.47. The summed E-state index contributed by atoms with van der Waals surface area (Å²) < 4.78 is 5.09. The van der Waals surface area contributed by atoms with Gasteiger partial charge in [0.2, 0.25) is 0 Å². The van der Waals surface area contributed by atoms with Crippen LogP contribution < -0.4 is 16.4 Å². The van der Waals surface area contributed by atoms with Crippen LogP contribution in [0.5, 0.6) is 0 Å². The van der Waals surface area contributed by atoms with Crippen LogP contribution in [-0.4, -0.2) is 49.0 Å². The minimum absolute atomic E-state index is 0.0830. The molecule has 0 aliphatic carbocycles. The highest BCUT2D eigenvalue weighted by atomic mass is 16.5. The molecule has 1 aromatic heterocycles. The monoisotopic (exact) mass is 267 g/mol. The molecule has 1 unspecified atom stereocenters. The molecule has 0 bridgehead atoms. The van der Waals surface area contributed by atoms with Crippen molar-refractivity contribution in [3.05, 3.63) is 17.8 Å². The van der Waals surface area contributed by atoms with Crippen LogP contribution in [0.15, 0.2) is 12.1 Å². The van der Waals surface area contributed by atoms with E-state index in [9.17, 15) is 4.79 Å². The van der Waals surface area contributed by atoms with Gasteiger partial charge in [0.1, 0.15) is 5.82 Å². The summed E-state index contributed by atoms with van der Waals surface area (Å²) >= 11 is 0. The lowest BCUT2D eigenvalue weighted by Crippen LogP contribution is -2.29. The third-order valence-electron chi connectivity index (χ3n) is 2.47. The lowest BCUT2D eigenvalue weighted by atomic mass is 10.2. The highest BCUT2D eigenvalue weighted by Crippen LogP contribution is 2.06. The van der Waals surface area contributed by atoms with E-state index in [0.717, 1.165) is 6.42 Å². The SMILES string of the molecule is CCNC(=O)c1ccc(NC(CCN)COC)nn1. The molecule has 7 heteroatoms. The molecule has 1 aromatic rings. The summed E-state index contributed by atoms with van der Waals surface area (Å²) in [5.41, 5.74) is 5.83. The first-order valence-corrected chi connectivity index (χ1v) is 6.28. The second kappa shape index (κ2) is 8.39. The minimum Gasteiger partial charge on any atom is -0.383 e. The number of carbonyl (C=O) groups is 1. The van der Waals surface area contributed by atoms with Crippen LogP contribution in [0.1, 0.15) is 23.8 Å². The molecule has 1 rings (SSSR count). The molecule has 0 aromatic carbocycles. The largest absolute Gasteiger partial charge is 0.383 e. The Morgan fingerprint density at radius 1 is 1.47 bits per heavy atom. The number of nitrogens with one attached hydrogen (secondary N) is 2. The molecule has 4 N–H and O–H groups in total. The first-order chi connectivity index (χ1) is 9.21. The van der Waals surface area contributed by atoms with Crippen LogP contribution >= 0.6 is 0 Å². The van der Waals surface area contributed by atoms with Crippen LogP contribution in [-0.2, 0) is 4.74 Å². The fraction of sp³-hybridized carbons (Fsp3) is 0.583. The second-order valence-corrected chi connectivity index (χ2v) is 4.04. The molecule has 7 nitrogen and oxygen atoms in total.